The zero-order valence-corrected chi connectivity index (χ0v) is 11.9. The number of rotatable bonds is 7. The van der Waals surface area contributed by atoms with Gasteiger partial charge in [-0.05, 0) is 24.1 Å². The van der Waals surface area contributed by atoms with Crippen molar-refractivity contribution in [1.29, 1.82) is 0 Å². The second-order valence-electron chi connectivity index (χ2n) is 4.63. The molecule has 0 heterocycles. The molecule has 2 rings (SSSR count). The van der Waals surface area contributed by atoms with Crippen LogP contribution in [0.4, 0.5) is 5.69 Å². The first-order valence-electron chi connectivity index (χ1n) is 6.83. The molecule has 0 radical (unpaired) electrons. The van der Waals surface area contributed by atoms with E-state index in [1.54, 1.807) is 24.3 Å². The second-order valence-corrected chi connectivity index (χ2v) is 4.63. The van der Waals surface area contributed by atoms with E-state index >= 15 is 0 Å². The molecule has 0 aliphatic carbocycles. The molecule has 0 aromatic heterocycles. The Kier molecular flexibility index (Phi) is 5.48. The van der Waals surface area contributed by atoms with Crippen molar-refractivity contribution in [3.05, 3.63) is 70.3 Å². The SMILES string of the molecule is O=C(COc1ccccc1)NCCc1ccc([N+](=O)[O-])cc1. The maximum Gasteiger partial charge on any atom is 0.269 e. The zero-order valence-electron chi connectivity index (χ0n) is 11.9. The summed E-state index contributed by atoms with van der Waals surface area (Å²) in [6, 6.07) is 15.4. The van der Waals surface area contributed by atoms with Gasteiger partial charge in [-0.25, -0.2) is 0 Å². The van der Waals surface area contributed by atoms with Crippen molar-refractivity contribution in [3.63, 3.8) is 0 Å². The third-order valence-electron chi connectivity index (χ3n) is 3.00. The van der Waals surface area contributed by atoms with Crippen molar-refractivity contribution in [3.8, 4) is 5.75 Å². The van der Waals surface area contributed by atoms with Crippen molar-refractivity contribution in [2.75, 3.05) is 13.2 Å². The Hall–Kier alpha value is -2.89. The van der Waals surface area contributed by atoms with Gasteiger partial charge in [0.2, 0.25) is 0 Å². The highest BCUT2D eigenvalue weighted by molar-refractivity contribution is 5.77. The average molecular weight is 300 g/mol. The Labute approximate surface area is 127 Å². The van der Waals surface area contributed by atoms with Crippen molar-refractivity contribution in [1.82, 2.24) is 5.32 Å². The minimum atomic E-state index is -0.438. The summed E-state index contributed by atoms with van der Waals surface area (Å²) in [5.74, 6) is 0.443. The summed E-state index contributed by atoms with van der Waals surface area (Å²) in [5.41, 5.74) is 0.985. The van der Waals surface area contributed by atoms with Crippen LogP contribution in [0.2, 0.25) is 0 Å². The fourth-order valence-electron chi connectivity index (χ4n) is 1.85. The predicted molar refractivity (Wildman–Crippen MR) is 81.7 cm³/mol. The van der Waals surface area contributed by atoms with E-state index in [0.717, 1.165) is 5.56 Å². The Balaban J connectivity index is 1.69. The van der Waals surface area contributed by atoms with Gasteiger partial charge in [0.05, 0.1) is 4.92 Å². The van der Waals surface area contributed by atoms with Crippen LogP contribution in [0.25, 0.3) is 0 Å². The molecule has 0 spiro atoms. The van der Waals surface area contributed by atoms with Crippen LogP contribution in [0.1, 0.15) is 5.56 Å². The summed E-state index contributed by atoms with van der Waals surface area (Å²) < 4.78 is 5.33. The molecular weight excluding hydrogens is 284 g/mol. The first-order valence-corrected chi connectivity index (χ1v) is 6.83. The molecule has 0 saturated carbocycles. The van der Waals surface area contributed by atoms with Crippen LogP contribution in [0.5, 0.6) is 5.75 Å². The van der Waals surface area contributed by atoms with E-state index in [1.807, 2.05) is 18.2 Å². The van der Waals surface area contributed by atoms with E-state index in [9.17, 15) is 14.9 Å². The van der Waals surface area contributed by atoms with Gasteiger partial charge in [-0.1, -0.05) is 30.3 Å². The number of nitro groups is 1. The average Bonchev–Trinajstić information content (AvgIpc) is 2.54. The van der Waals surface area contributed by atoms with Gasteiger partial charge in [0.25, 0.3) is 11.6 Å². The van der Waals surface area contributed by atoms with Crippen LogP contribution in [0, 0.1) is 10.1 Å². The molecule has 1 amide bonds. The minimum Gasteiger partial charge on any atom is -0.484 e. The lowest BCUT2D eigenvalue weighted by Crippen LogP contribution is -2.30. The summed E-state index contributed by atoms with van der Waals surface area (Å²) in [5, 5.41) is 13.3. The van der Waals surface area contributed by atoms with E-state index in [1.165, 1.54) is 12.1 Å². The highest BCUT2D eigenvalue weighted by Crippen LogP contribution is 2.12. The van der Waals surface area contributed by atoms with Gasteiger partial charge in [0, 0.05) is 18.7 Å². The summed E-state index contributed by atoms with van der Waals surface area (Å²) in [7, 11) is 0. The van der Waals surface area contributed by atoms with Crippen molar-refractivity contribution in [2.45, 2.75) is 6.42 Å². The fraction of sp³-hybridized carbons (Fsp3) is 0.188. The summed E-state index contributed by atoms with van der Waals surface area (Å²) >= 11 is 0. The van der Waals surface area contributed by atoms with Crippen LogP contribution < -0.4 is 10.1 Å². The number of carbonyl (C=O) groups is 1. The second kappa shape index (κ2) is 7.78. The molecule has 6 nitrogen and oxygen atoms in total. The minimum absolute atomic E-state index is 0.0374. The quantitative estimate of drug-likeness (QED) is 0.628. The first-order chi connectivity index (χ1) is 10.6. The van der Waals surface area contributed by atoms with Crippen LogP contribution >= 0.6 is 0 Å². The number of hydrogen-bond donors (Lipinski definition) is 1. The first kappa shape index (κ1) is 15.5. The van der Waals surface area contributed by atoms with Crippen molar-refractivity contribution < 1.29 is 14.5 Å². The Bertz CT molecular complexity index is 626. The normalized spacial score (nSPS) is 10.0. The van der Waals surface area contributed by atoms with Gasteiger partial charge >= 0.3 is 0 Å². The number of non-ortho nitro benzene ring substituents is 1. The predicted octanol–water partition coefficient (Wildman–Crippen LogP) is 2.33. The van der Waals surface area contributed by atoms with Crippen LogP contribution in [-0.4, -0.2) is 24.0 Å². The van der Waals surface area contributed by atoms with Gasteiger partial charge < -0.3 is 10.1 Å². The van der Waals surface area contributed by atoms with E-state index in [-0.39, 0.29) is 18.2 Å². The molecule has 0 saturated heterocycles. The largest absolute Gasteiger partial charge is 0.484 e. The lowest BCUT2D eigenvalue weighted by molar-refractivity contribution is -0.384. The maximum absolute atomic E-state index is 11.6. The van der Waals surface area contributed by atoms with Gasteiger partial charge in [-0.2, -0.15) is 0 Å². The summed E-state index contributed by atoms with van der Waals surface area (Å²) in [6.07, 6.45) is 0.606. The molecule has 114 valence electrons. The zero-order chi connectivity index (χ0) is 15.8. The van der Waals surface area contributed by atoms with E-state index < -0.39 is 4.92 Å². The lowest BCUT2D eigenvalue weighted by atomic mass is 10.1. The Morgan fingerprint density at radius 3 is 2.41 bits per heavy atom. The Morgan fingerprint density at radius 1 is 1.09 bits per heavy atom. The summed E-state index contributed by atoms with van der Waals surface area (Å²) in [6.45, 7) is 0.416. The van der Waals surface area contributed by atoms with Crippen LogP contribution in [0.3, 0.4) is 0 Å². The molecule has 0 fully saturated rings. The molecule has 6 heteroatoms. The molecule has 0 atom stereocenters. The maximum atomic E-state index is 11.6. The molecule has 0 aliphatic rings. The van der Waals surface area contributed by atoms with Gasteiger partial charge in [0.1, 0.15) is 5.75 Å². The number of amides is 1. The van der Waals surface area contributed by atoms with Crippen LogP contribution in [0.15, 0.2) is 54.6 Å². The molecule has 22 heavy (non-hydrogen) atoms. The number of para-hydroxylation sites is 1. The number of ether oxygens (including phenoxy) is 1. The van der Waals surface area contributed by atoms with Crippen molar-refractivity contribution >= 4 is 11.6 Å². The van der Waals surface area contributed by atoms with E-state index in [4.69, 9.17) is 4.74 Å². The van der Waals surface area contributed by atoms with Gasteiger partial charge in [0.15, 0.2) is 6.61 Å². The van der Waals surface area contributed by atoms with E-state index in [0.29, 0.717) is 18.7 Å². The number of benzene rings is 2. The van der Waals surface area contributed by atoms with E-state index in [2.05, 4.69) is 5.32 Å². The monoisotopic (exact) mass is 300 g/mol. The summed E-state index contributed by atoms with van der Waals surface area (Å²) in [4.78, 5) is 21.7. The van der Waals surface area contributed by atoms with Crippen LogP contribution in [-0.2, 0) is 11.2 Å². The third kappa shape index (κ3) is 4.90. The van der Waals surface area contributed by atoms with Gasteiger partial charge in [-0.3, -0.25) is 14.9 Å². The number of nitrogens with one attached hydrogen (secondary N) is 1. The Morgan fingerprint density at radius 2 is 1.77 bits per heavy atom. The number of nitro benzene ring substituents is 1. The third-order valence-corrected chi connectivity index (χ3v) is 3.00. The number of hydrogen-bond acceptors (Lipinski definition) is 4. The molecule has 1 N–H and O–H groups in total. The molecule has 0 aliphatic heterocycles. The number of nitrogens with zero attached hydrogens (tertiary/aromatic N) is 1. The standard InChI is InChI=1S/C16H16N2O4/c19-16(12-22-15-4-2-1-3-5-15)17-11-10-13-6-8-14(9-7-13)18(20)21/h1-9H,10-12H2,(H,17,19). The molecule has 2 aromatic carbocycles. The molecular formula is C16H16N2O4. The smallest absolute Gasteiger partial charge is 0.269 e. The number of carbonyl (C=O) groups excluding carboxylic acids is 1. The lowest BCUT2D eigenvalue weighted by Gasteiger charge is -2.07. The topological polar surface area (TPSA) is 81.5 Å². The van der Waals surface area contributed by atoms with Gasteiger partial charge in [-0.15, -0.1) is 0 Å². The van der Waals surface area contributed by atoms with Crippen molar-refractivity contribution in [2.24, 2.45) is 0 Å². The molecule has 0 unspecified atom stereocenters. The highest BCUT2D eigenvalue weighted by atomic mass is 16.6. The molecule has 0 bridgehead atoms. The highest BCUT2D eigenvalue weighted by Gasteiger charge is 2.05. The molecule has 2 aromatic rings. The fourth-order valence-corrected chi connectivity index (χ4v) is 1.85.